The van der Waals surface area contributed by atoms with Gasteiger partial charge in [0.15, 0.2) is 0 Å². The maximum Gasteiger partial charge on any atom is 0.239 e. The lowest BCUT2D eigenvalue weighted by atomic mass is 10.3. The van der Waals surface area contributed by atoms with Crippen LogP contribution in [0.2, 0.25) is 0 Å². The lowest BCUT2D eigenvalue weighted by Gasteiger charge is -2.07. The molecule has 0 bridgehead atoms. The van der Waals surface area contributed by atoms with Crippen molar-refractivity contribution >= 4 is 22.9 Å². The zero-order valence-electron chi connectivity index (χ0n) is 11.1. The molecule has 1 heterocycles. The first-order valence-electron chi connectivity index (χ1n) is 6.13. The first-order chi connectivity index (χ1) is 9.22. The van der Waals surface area contributed by atoms with Crippen LogP contribution in [0, 0.1) is 0 Å². The van der Waals surface area contributed by atoms with Crippen molar-refractivity contribution in [3.05, 3.63) is 24.3 Å². The average Bonchev–Trinajstić information content (AvgIpc) is 2.74. The van der Waals surface area contributed by atoms with Crippen molar-refractivity contribution in [3.63, 3.8) is 0 Å². The number of aromatic nitrogens is 2. The molecule has 0 saturated heterocycles. The number of anilines is 1. The Morgan fingerprint density at radius 1 is 1.42 bits per heavy atom. The van der Waals surface area contributed by atoms with Crippen molar-refractivity contribution in [2.45, 2.75) is 0 Å². The molecule has 0 aliphatic heterocycles. The smallest absolute Gasteiger partial charge is 0.239 e. The van der Waals surface area contributed by atoms with E-state index in [1.807, 2.05) is 35.9 Å². The third-order valence-electron chi connectivity index (χ3n) is 2.82. The fourth-order valence-corrected chi connectivity index (χ4v) is 1.82. The number of ether oxygens (including phenoxy) is 1. The second kappa shape index (κ2) is 6.19. The molecule has 0 aliphatic carbocycles. The van der Waals surface area contributed by atoms with E-state index in [2.05, 4.69) is 15.6 Å². The number of methoxy groups -OCH3 is 1. The van der Waals surface area contributed by atoms with Crippen molar-refractivity contribution in [2.75, 3.05) is 32.1 Å². The molecule has 1 amide bonds. The summed E-state index contributed by atoms with van der Waals surface area (Å²) in [5.74, 6) is 0.604. The normalized spacial score (nSPS) is 10.6. The van der Waals surface area contributed by atoms with Gasteiger partial charge in [-0.25, -0.2) is 4.98 Å². The van der Waals surface area contributed by atoms with Crippen LogP contribution in [-0.4, -0.2) is 42.3 Å². The van der Waals surface area contributed by atoms with Gasteiger partial charge in [-0.15, -0.1) is 0 Å². The van der Waals surface area contributed by atoms with Crippen LogP contribution < -0.4 is 10.6 Å². The maximum absolute atomic E-state index is 11.6. The largest absolute Gasteiger partial charge is 0.383 e. The maximum atomic E-state index is 11.6. The molecule has 2 aromatic rings. The molecule has 2 N–H and O–H groups in total. The third-order valence-corrected chi connectivity index (χ3v) is 2.82. The van der Waals surface area contributed by atoms with Crippen LogP contribution in [0.15, 0.2) is 24.3 Å². The van der Waals surface area contributed by atoms with Crippen molar-refractivity contribution in [2.24, 2.45) is 7.05 Å². The molecule has 0 spiro atoms. The highest BCUT2D eigenvalue weighted by Crippen LogP contribution is 2.16. The number of carbonyl (C=O) groups is 1. The zero-order chi connectivity index (χ0) is 13.7. The number of carbonyl (C=O) groups excluding carboxylic acids is 1. The van der Waals surface area contributed by atoms with E-state index in [9.17, 15) is 4.79 Å². The Hall–Kier alpha value is -2.08. The third kappa shape index (κ3) is 3.23. The SMILES string of the molecule is COCCNC(=O)CNc1nc2ccccc2n1C. The standard InChI is InChI=1S/C13H18N4O2/c1-17-11-6-4-3-5-10(11)16-13(17)15-9-12(18)14-7-8-19-2/h3-6H,7-9H2,1-2H3,(H,14,18)(H,15,16). The van der Waals surface area contributed by atoms with Crippen molar-refractivity contribution in [3.8, 4) is 0 Å². The van der Waals surface area contributed by atoms with Crippen LogP contribution in [0.25, 0.3) is 11.0 Å². The van der Waals surface area contributed by atoms with Crippen LogP contribution in [-0.2, 0) is 16.6 Å². The summed E-state index contributed by atoms with van der Waals surface area (Å²) in [6.07, 6.45) is 0. The average molecular weight is 262 g/mol. The number of benzene rings is 1. The summed E-state index contributed by atoms with van der Waals surface area (Å²) in [5, 5.41) is 5.77. The lowest BCUT2D eigenvalue weighted by molar-refractivity contribution is -0.119. The summed E-state index contributed by atoms with van der Waals surface area (Å²) in [5.41, 5.74) is 1.94. The van der Waals surface area contributed by atoms with Gasteiger partial charge in [-0.2, -0.15) is 0 Å². The van der Waals surface area contributed by atoms with Gasteiger partial charge in [0.25, 0.3) is 0 Å². The summed E-state index contributed by atoms with van der Waals surface area (Å²) in [6, 6.07) is 7.84. The first kappa shape index (κ1) is 13.4. The molecular formula is C13H18N4O2. The van der Waals surface area contributed by atoms with E-state index >= 15 is 0 Å². The topological polar surface area (TPSA) is 68.2 Å². The molecule has 1 aromatic heterocycles. The number of hydrogen-bond donors (Lipinski definition) is 2. The van der Waals surface area contributed by atoms with Crippen LogP contribution in [0.5, 0.6) is 0 Å². The highest BCUT2D eigenvalue weighted by Gasteiger charge is 2.07. The van der Waals surface area contributed by atoms with E-state index in [1.165, 1.54) is 0 Å². The summed E-state index contributed by atoms with van der Waals surface area (Å²) in [4.78, 5) is 16.0. The molecule has 0 saturated carbocycles. The molecule has 1 aromatic carbocycles. The number of hydrogen-bond acceptors (Lipinski definition) is 4. The zero-order valence-corrected chi connectivity index (χ0v) is 11.1. The Labute approximate surface area is 111 Å². The van der Waals surface area contributed by atoms with Crippen LogP contribution in [0.1, 0.15) is 0 Å². The molecule has 0 unspecified atom stereocenters. The Balaban J connectivity index is 1.94. The Bertz CT molecular complexity index is 565. The number of imidazole rings is 1. The predicted molar refractivity (Wildman–Crippen MR) is 74.1 cm³/mol. The van der Waals surface area contributed by atoms with E-state index in [0.29, 0.717) is 19.1 Å². The van der Waals surface area contributed by atoms with Gasteiger partial charge < -0.3 is 19.9 Å². The van der Waals surface area contributed by atoms with Gasteiger partial charge in [-0.05, 0) is 12.1 Å². The van der Waals surface area contributed by atoms with E-state index in [-0.39, 0.29) is 12.5 Å². The number of nitrogens with zero attached hydrogens (tertiary/aromatic N) is 2. The minimum Gasteiger partial charge on any atom is -0.383 e. The van der Waals surface area contributed by atoms with Gasteiger partial charge >= 0.3 is 0 Å². The van der Waals surface area contributed by atoms with Gasteiger partial charge in [0.05, 0.1) is 24.2 Å². The molecule has 0 radical (unpaired) electrons. The van der Waals surface area contributed by atoms with Gasteiger partial charge in [-0.3, -0.25) is 4.79 Å². The molecule has 6 heteroatoms. The quantitative estimate of drug-likeness (QED) is 0.754. The number of fused-ring (bicyclic) bond motifs is 1. The number of aryl methyl sites for hydroxylation is 1. The van der Waals surface area contributed by atoms with E-state index in [4.69, 9.17) is 4.74 Å². The van der Waals surface area contributed by atoms with Gasteiger partial charge in [0, 0.05) is 20.7 Å². The van der Waals surface area contributed by atoms with Crippen LogP contribution in [0.4, 0.5) is 5.95 Å². The monoisotopic (exact) mass is 262 g/mol. The van der Waals surface area contributed by atoms with E-state index in [0.717, 1.165) is 11.0 Å². The predicted octanol–water partition coefficient (Wildman–Crippen LogP) is 0.748. The van der Waals surface area contributed by atoms with Crippen molar-refractivity contribution in [1.29, 1.82) is 0 Å². The fraction of sp³-hybridized carbons (Fsp3) is 0.385. The summed E-state index contributed by atoms with van der Waals surface area (Å²) in [7, 11) is 3.52. The number of nitrogens with one attached hydrogen (secondary N) is 2. The highest BCUT2D eigenvalue weighted by molar-refractivity contribution is 5.82. The molecular weight excluding hydrogens is 244 g/mol. The van der Waals surface area contributed by atoms with Gasteiger partial charge in [0.1, 0.15) is 0 Å². The Morgan fingerprint density at radius 2 is 2.21 bits per heavy atom. The molecule has 2 rings (SSSR count). The van der Waals surface area contributed by atoms with Crippen LogP contribution >= 0.6 is 0 Å². The molecule has 0 atom stereocenters. The van der Waals surface area contributed by atoms with Gasteiger partial charge in [0.2, 0.25) is 11.9 Å². The summed E-state index contributed by atoms with van der Waals surface area (Å²) < 4.78 is 6.79. The van der Waals surface area contributed by atoms with Crippen LogP contribution in [0.3, 0.4) is 0 Å². The Kier molecular flexibility index (Phi) is 4.35. The molecule has 102 valence electrons. The van der Waals surface area contributed by atoms with Gasteiger partial charge in [-0.1, -0.05) is 12.1 Å². The first-order valence-corrected chi connectivity index (χ1v) is 6.13. The van der Waals surface area contributed by atoms with E-state index in [1.54, 1.807) is 7.11 Å². The Morgan fingerprint density at radius 3 is 2.95 bits per heavy atom. The molecule has 0 aliphatic rings. The van der Waals surface area contributed by atoms with Crippen molar-refractivity contribution in [1.82, 2.24) is 14.9 Å². The minimum absolute atomic E-state index is 0.0795. The number of amides is 1. The minimum atomic E-state index is -0.0795. The molecule has 19 heavy (non-hydrogen) atoms. The second-order valence-corrected chi connectivity index (χ2v) is 4.18. The highest BCUT2D eigenvalue weighted by atomic mass is 16.5. The fourth-order valence-electron chi connectivity index (χ4n) is 1.82. The van der Waals surface area contributed by atoms with Crippen molar-refractivity contribution < 1.29 is 9.53 Å². The number of para-hydroxylation sites is 2. The summed E-state index contributed by atoms with van der Waals surface area (Å²) in [6.45, 7) is 1.22. The van der Waals surface area contributed by atoms with E-state index < -0.39 is 0 Å². The molecule has 0 fully saturated rings. The number of rotatable bonds is 6. The summed E-state index contributed by atoms with van der Waals surface area (Å²) >= 11 is 0. The lowest BCUT2D eigenvalue weighted by Crippen LogP contribution is -2.32. The second-order valence-electron chi connectivity index (χ2n) is 4.18. The molecule has 6 nitrogen and oxygen atoms in total.